The number of hydrogen-bond donors (Lipinski definition) is 1. The van der Waals surface area contributed by atoms with E-state index in [1.165, 1.54) is 11.1 Å². The standard InChI is InChI=1S/C25H28N8O2/c1-34-17-31-8-10-32(11-9-31)23-6-5-19(13-26-23)21-15-28-25(33-16-29-30-24(21)33)27-14-18-3-2-4-22-20(18)7-12-35-22/h2-6,13,15-16H,7-12,14,17H2,1H3,(H,27,28). The number of rotatable bonds is 7. The molecule has 2 aliphatic heterocycles. The van der Waals surface area contributed by atoms with E-state index in [0.717, 1.165) is 67.5 Å². The number of aromatic nitrogens is 5. The molecule has 3 aromatic heterocycles. The van der Waals surface area contributed by atoms with Crippen molar-refractivity contribution in [1.82, 2.24) is 29.5 Å². The molecule has 0 amide bonds. The van der Waals surface area contributed by atoms with Crippen molar-refractivity contribution >= 4 is 17.4 Å². The van der Waals surface area contributed by atoms with Crippen LogP contribution < -0.4 is 15.0 Å². The molecule has 0 unspecified atom stereocenters. The van der Waals surface area contributed by atoms with Crippen molar-refractivity contribution in [3.8, 4) is 16.9 Å². The molecule has 0 bridgehead atoms. The van der Waals surface area contributed by atoms with E-state index in [4.69, 9.17) is 14.5 Å². The zero-order valence-electron chi connectivity index (χ0n) is 19.7. The van der Waals surface area contributed by atoms with E-state index in [-0.39, 0.29) is 0 Å². The Kier molecular flexibility index (Phi) is 5.89. The lowest BCUT2D eigenvalue weighted by Crippen LogP contribution is -2.47. The van der Waals surface area contributed by atoms with Crippen LogP contribution >= 0.6 is 0 Å². The van der Waals surface area contributed by atoms with E-state index in [1.807, 2.05) is 28.9 Å². The Balaban J connectivity index is 1.19. The molecule has 0 spiro atoms. The number of pyridine rings is 1. The number of nitrogens with one attached hydrogen (secondary N) is 1. The Hall–Kier alpha value is -3.76. The van der Waals surface area contributed by atoms with Crippen molar-refractivity contribution < 1.29 is 9.47 Å². The van der Waals surface area contributed by atoms with Crippen LogP contribution in [0.2, 0.25) is 0 Å². The summed E-state index contributed by atoms with van der Waals surface area (Å²) in [6.45, 7) is 5.87. The maximum Gasteiger partial charge on any atom is 0.210 e. The van der Waals surface area contributed by atoms with Crippen LogP contribution in [0.3, 0.4) is 0 Å². The lowest BCUT2D eigenvalue weighted by molar-refractivity contribution is 0.0595. The number of anilines is 2. The van der Waals surface area contributed by atoms with Crippen molar-refractivity contribution in [3.63, 3.8) is 0 Å². The zero-order chi connectivity index (χ0) is 23.6. The average Bonchev–Trinajstić information content (AvgIpc) is 3.59. The summed E-state index contributed by atoms with van der Waals surface area (Å²) in [4.78, 5) is 14.0. The van der Waals surface area contributed by atoms with Crippen molar-refractivity contribution in [2.24, 2.45) is 0 Å². The topological polar surface area (TPSA) is 92.9 Å². The predicted molar refractivity (Wildman–Crippen MR) is 133 cm³/mol. The first-order valence-corrected chi connectivity index (χ1v) is 11.9. The van der Waals surface area contributed by atoms with Gasteiger partial charge in [-0.05, 0) is 23.8 Å². The van der Waals surface area contributed by atoms with Gasteiger partial charge in [0.25, 0.3) is 0 Å². The number of hydrogen-bond acceptors (Lipinski definition) is 9. The highest BCUT2D eigenvalue weighted by Gasteiger charge is 2.19. The second kappa shape index (κ2) is 9.47. The van der Waals surface area contributed by atoms with Crippen LogP contribution in [0, 0.1) is 0 Å². The molecule has 0 aliphatic carbocycles. The lowest BCUT2D eigenvalue weighted by atomic mass is 10.1. The molecule has 35 heavy (non-hydrogen) atoms. The number of piperazine rings is 1. The first kappa shape index (κ1) is 21.8. The van der Waals surface area contributed by atoms with Gasteiger partial charge in [0.15, 0.2) is 5.65 Å². The van der Waals surface area contributed by atoms with Crippen LogP contribution in [-0.4, -0.2) is 76.1 Å². The molecule has 6 rings (SSSR count). The number of ether oxygens (including phenoxy) is 2. The van der Waals surface area contributed by atoms with E-state index in [0.29, 0.717) is 19.2 Å². The minimum absolute atomic E-state index is 0.653. The molecular weight excluding hydrogens is 444 g/mol. The summed E-state index contributed by atoms with van der Waals surface area (Å²) in [5, 5.41) is 12.0. The first-order valence-electron chi connectivity index (χ1n) is 11.9. The van der Waals surface area contributed by atoms with Crippen LogP contribution in [0.1, 0.15) is 11.1 Å². The summed E-state index contributed by atoms with van der Waals surface area (Å²) in [6, 6.07) is 10.3. The third-order valence-corrected chi connectivity index (χ3v) is 6.68. The minimum atomic E-state index is 0.653. The summed E-state index contributed by atoms with van der Waals surface area (Å²) in [5.41, 5.74) is 5.08. The van der Waals surface area contributed by atoms with Crippen molar-refractivity contribution in [3.05, 3.63) is 60.2 Å². The predicted octanol–water partition coefficient (Wildman–Crippen LogP) is 2.46. The number of benzene rings is 1. The minimum Gasteiger partial charge on any atom is -0.493 e. The molecule has 2 aliphatic rings. The molecule has 10 heteroatoms. The van der Waals surface area contributed by atoms with Gasteiger partial charge in [-0.3, -0.25) is 9.30 Å². The molecule has 0 radical (unpaired) electrons. The smallest absolute Gasteiger partial charge is 0.210 e. The normalized spacial score (nSPS) is 15.9. The first-order chi connectivity index (χ1) is 17.3. The molecule has 5 heterocycles. The van der Waals surface area contributed by atoms with E-state index >= 15 is 0 Å². The molecule has 0 atom stereocenters. The maximum atomic E-state index is 5.69. The van der Waals surface area contributed by atoms with E-state index in [2.05, 4.69) is 48.5 Å². The Morgan fingerprint density at radius 1 is 1.06 bits per heavy atom. The van der Waals surface area contributed by atoms with Crippen LogP contribution in [0.15, 0.2) is 49.1 Å². The fourth-order valence-corrected chi connectivity index (χ4v) is 4.81. The van der Waals surface area contributed by atoms with Crippen molar-refractivity contribution in [2.45, 2.75) is 13.0 Å². The highest BCUT2D eigenvalue weighted by atomic mass is 16.5. The monoisotopic (exact) mass is 472 g/mol. The second-order valence-electron chi connectivity index (χ2n) is 8.79. The quantitative estimate of drug-likeness (QED) is 0.435. The Morgan fingerprint density at radius 3 is 2.80 bits per heavy atom. The average molecular weight is 473 g/mol. The molecule has 1 N–H and O–H groups in total. The summed E-state index contributed by atoms with van der Waals surface area (Å²) in [6.07, 6.45) is 6.36. The fraction of sp³-hybridized carbons (Fsp3) is 0.360. The Labute approximate surface area is 203 Å². The zero-order valence-corrected chi connectivity index (χ0v) is 19.7. The molecule has 180 valence electrons. The number of nitrogens with zero attached hydrogens (tertiary/aromatic N) is 7. The van der Waals surface area contributed by atoms with Crippen LogP contribution in [0.5, 0.6) is 5.75 Å². The summed E-state index contributed by atoms with van der Waals surface area (Å²) >= 11 is 0. The second-order valence-corrected chi connectivity index (χ2v) is 8.79. The van der Waals surface area contributed by atoms with Gasteiger partial charge < -0.3 is 19.7 Å². The Morgan fingerprint density at radius 2 is 1.97 bits per heavy atom. The van der Waals surface area contributed by atoms with Gasteiger partial charge >= 0.3 is 0 Å². The van der Waals surface area contributed by atoms with Gasteiger partial charge in [-0.1, -0.05) is 12.1 Å². The molecule has 1 fully saturated rings. The SMILES string of the molecule is COCN1CCN(c2ccc(-c3cnc(NCc4cccc5c4CCO5)n4cnnc34)cn2)CC1. The molecule has 1 saturated heterocycles. The maximum absolute atomic E-state index is 5.69. The van der Waals surface area contributed by atoms with Gasteiger partial charge in [-0.15, -0.1) is 10.2 Å². The highest BCUT2D eigenvalue weighted by molar-refractivity contribution is 5.77. The van der Waals surface area contributed by atoms with E-state index in [9.17, 15) is 0 Å². The molecule has 1 aromatic carbocycles. The van der Waals surface area contributed by atoms with Crippen LogP contribution in [-0.2, 0) is 17.7 Å². The lowest BCUT2D eigenvalue weighted by Gasteiger charge is -2.34. The Bertz CT molecular complexity index is 1320. The van der Waals surface area contributed by atoms with Gasteiger partial charge in [-0.2, -0.15) is 0 Å². The van der Waals surface area contributed by atoms with Gasteiger partial charge in [0, 0.05) is 75.3 Å². The van der Waals surface area contributed by atoms with Gasteiger partial charge in [-0.25, -0.2) is 9.97 Å². The van der Waals surface area contributed by atoms with Gasteiger partial charge in [0.1, 0.15) is 17.9 Å². The molecule has 0 saturated carbocycles. The van der Waals surface area contributed by atoms with Crippen LogP contribution in [0.4, 0.5) is 11.8 Å². The number of fused-ring (bicyclic) bond motifs is 2. The van der Waals surface area contributed by atoms with Crippen molar-refractivity contribution in [1.29, 1.82) is 0 Å². The molecule has 10 nitrogen and oxygen atoms in total. The summed E-state index contributed by atoms with van der Waals surface area (Å²) in [7, 11) is 1.74. The molecule has 4 aromatic rings. The van der Waals surface area contributed by atoms with Gasteiger partial charge in [0.05, 0.1) is 13.3 Å². The summed E-state index contributed by atoms with van der Waals surface area (Å²) < 4.78 is 12.8. The fourth-order valence-electron chi connectivity index (χ4n) is 4.81. The van der Waals surface area contributed by atoms with Crippen LogP contribution in [0.25, 0.3) is 16.8 Å². The summed E-state index contributed by atoms with van der Waals surface area (Å²) in [5.74, 6) is 2.66. The highest BCUT2D eigenvalue weighted by Crippen LogP contribution is 2.29. The third-order valence-electron chi connectivity index (χ3n) is 6.68. The number of methoxy groups -OCH3 is 1. The van der Waals surface area contributed by atoms with E-state index in [1.54, 1.807) is 13.4 Å². The largest absolute Gasteiger partial charge is 0.493 e. The van der Waals surface area contributed by atoms with Gasteiger partial charge in [0.2, 0.25) is 5.95 Å². The van der Waals surface area contributed by atoms with Crippen molar-refractivity contribution in [2.75, 3.05) is 56.8 Å². The third kappa shape index (κ3) is 4.26. The molecular formula is C25H28N8O2. The van der Waals surface area contributed by atoms with E-state index < -0.39 is 0 Å².